The molecule has 1 amide bonds. The predicted molar refractivity (Wildman–Crippen MR) is 125 cm³/mol. The van der Waals surface area contributed by atoms with Gasteiger partial charge in [0.2, 0.25) is 10.0 Å². The molecule has 1 fully saturated rings. The van der Waals surface area contributed by atoms with Crippen LogP contribution in [0.2, 0.25) is 0 Å². The molecule has 0 bridgehead atoms. The van der Waals surface area contributed by atoms with Crippen LogP contribution in [0.5, 0.6) is 0 Å². The molecule has 184 valence electrons. The summed E-state index contributed by atoms with van der Waals surface area (Å²) in [5.41, 5.74) is 2.20. The number of anilines is 1. The lowest BCUT2D eigenvalue weighted by atomic mass is 10.1. The number of hydrogen-bond acceptors (Lipinski definition) is 5. The molecule has 2 aromatic carbocycles. The summed E-state index contributed by atoms with van der Waals surface area (Å²) in [6.45, 7) is -0.955. The van der Waals surface area contributed by atoms with Gasteiger partial charge in [-0.1, -0.05) is 18.2 Å². The number of aromatic nitrogens is 2. The molecule has 2 N–H and O–H groups in total. The van der Waals surface area contributed by atoms with Gasteiger partial charge in [0.25, 0.3) is 5.91 Å². The second-order valence-electron chi connectivity index (χ2n) is 8.48. The summed E-state index contributed by atoms with van der Waals surface area (Å²) in [6, 6.07) is 11.9. The van der Waals surface area contributed by atoms with Crippen molar-refractivity contribution in [1.82, 2.24) is 19.2 Å². The minimum atomic E-state index is -4.35. The SMILES string of the molecule is O=C1Nc2cccc(S(=O)(=O)N3CCCN(CC(F)(F)F)CC3)c2/C1=C/c1nc2ccccc2[nH]1. The fourth-order valence-corrected chi connectivity index (χ4v) is 6.18. The van der Waals surface area contributed by atoms with Gasteiger partial charge in [-0.05, 0) is 43.3 Å². The number of para-hydroxylation sites is 2. The lowest BCUT2D eigenvalue weighted by Gasteiger charge is -2.23. The van der Waals surface area contributed by atoms with E-state index in [9.17, 15) is 26.4 Å². The zero-order chi connectivity index (χ0) is 24.8. The Hall–Kier alpha value is -3.22. The number of nitrogens with one attached hydrogen (secondary N) is 2. The van der Waals surface area contributed by atoms with Crippen molar-refractivity contribution in [2.75, 3.05) is 38.0 Å². The van der Waals surface area contributed by atoms with E-state index in [2.05, 4.69) is 15.3 Å². The van der Waals surface area contributed by atoms with E-state index in [4.69, 9.17) is 0 Å². The Kier molecular flexibility index (Phi) is 5.90. The summed E-state index contributed by atoms with van der Waals surface area (Å²) in [6.07, 6.45) is -2.58. The first-order valence-corrected chi connectivity index (χ1v) is 12.5. The summed E-state index contributed by atoms with van der Waals surface area (Å²) in [7, 11) is -4.09. The zero-order valence-corrected chi connectivity index (χ0v) is 19.3. The highest BCUT2D eigenvalue weighted by Crippen LogP contribution is 2.39. The number of hydrogen-bond donors (Lipinski definition) is 2. The summed E-state index contributed by atoms with van der Waals surface area (Å²) in [5.74, 6) is -0.0655. The Morgan fingerprint density at radius 2 is 1.83 bits per heavy atom. The maximum Gasteiger partial charge on any atom is 0.401 e. The van der Waals surface area contributed by atoms with Crippen LogP contribution in [0.4, 0.5) is 18.9 Å². The van der Waals surface area contributed by atoms with Gasteiger partial charge in [0.15, 0.2) is 0 Å². The van der Waals surface area contributed by atoms with Gasteiger partial charge in [0.1, 0.15) is 5.82 Å². The number of H-pyrrole nitrogens is 1. The Bertz CT molecular complexity index is 1400. The van der Waals surface area contributed by atoms with Crippen molar-refractivity contribution in [3.05, 3.63) is 53.9 Å². The monoisotopic (exact) mass is 505 g/mol. The molecule has 12 heteroatoms. The smallest absolute Gasteiger partial charge is 0.338 e. The molecule has 3 aromatic rings. The fourth-order valence-electron chi connectivity index (χ4n) is 4.48. The van der Waals surface area contributed by atoms with Gasteiger partial charge in [-0.2, -0.15) is 17.5 Å². The largest absolute Gasteiger partial charge is 0.401 e. The number of nitrogens with zero attached hydrogens (tertiary/aromatic N) is 3. The van der Waals surface area contributed by atoms with Crippen LogP contribution in [-0.2, 0) is 14.8 Å². The highest BCUT2D eigenvalue weighted by Gasteiger charge is 2.37. The number of alkyl halides is 3. The van der Waals surface area contributed by atoms with E-state index in [1.807, 2.05) is 24.3 Å². The predicted octanol–water partition coefficient (Wildman–Crippen LogP) is 3.31. The molecule has 0 atom stereocenters. The number of halogens is 3. The second-order valence-corrected chi connectivity index (χ2v) is 10.4. The topological polar surface area (TPSA) is 98.4 Å². The fraction of sp³-hybridized carbons (Fsp3) is 0.304. The van der Waals surface area contributed by atoms with Crippen LogP contribution in [0.25, 0.3) is 22.7 Å². The zero-order valence-electron chi connectivity index (χ0n) is 18.5. The van der Waals surface area contributed by atoms with Gasteiger partial charge in [-0.3, -0.25) is 9.69 Å². The summed E-state index contributed by atoms with van der Waals surface area (Å²) < 4.78 is 66.9. The normalized spacial score (nSPS) is 19.2. The Morgan fingerprint density at radius 1 is 1.03 bits per heavy atom. The lowest BCUT2D eigenvalue weighted by molar-refractivity contribution is -0.145. The number of amides is 1. The van der Waals surface area contributed by atoms with Crippen LogP contribution in [0.1, 0.15) is 17.8 Å². The molecule has 35 heavy (non-hydrogen) atoms. The molecule has 0 radical (unpaired) electrons. The highest BCUT2D eigenvalue weighted by atomic mass is 32.2. The summed E-state index contributed by atoms with van der Waals surface area (Å²) in [5, 5.41) is 2.70. The van der Waals surface area contributed by atoms with Crippen LogP contribution in [-0.4, -0.2) is 72.4 Å². The van der Waals surface area contributed by atoms with Gasteiger partial charge >= 0.3 is 6.18 Å². The summed E-state index contributed by atoms with van der Waals surface area (Å²) >= 11 is 0. The quantitative estimate of drug-likeness (QED) is 0.531. The minimum absolute atomic E-state index is 0.0351. The average molecular weight is 506 g/mol. The number of imidazole rings is 1. The third-order valence-corrected chi connectivity index (χ3v) is 7.99. The highest BCUT2D eigenvalue weighted by molar-refractivity contribution is 7.89. The van der Waals surface area contributed by atoms with Crippen molar-refractivity contribution in [2.45, 2.75) is 17.5 Å². The van der Waals surface area contributed by atoms with E-state index in [-0.39, 0.29) is 48.6 Å². The minimum Gasteiger partial charge on any atom is -0.338 e. The molecule has 2 aliphatic rings. The molecular formula is C23H22F3N5O3S. The first kappa shape index (κ1) is 23.5. The number of rotatable bonds is 4. The van der Waals surface area contributed by atoms with E-state index >= 15 is 0 Å². The number of aromatic amines is 1. The molecule has 8 nitrogen and oxygen atoms in total. The molecule has 1 aromatic heterocycles. The van der Waals surface area contributed by atoms with Crippen molar-refractivity contribution in [3.63, 3.8) is 0 Å². The molecular weight excluding hydrogens is 483 g/mol. The Morgan fingerprint density at radius 3 is 2.60 bits per heavy atom. The van der Waals surface area contributed by atoms with E-state index in [1.165, 1.54) is 27.4 Å². The maximum absolute atomic E-state index is 13.6. The number of benzene rings is 2. The van der Waals surface area contributed by atoms with Crippen molar-refractivity contribution in [3.8, 4) is 0 Å². The van der Waals surface area contributed by atoms with Crippen LogP contribution >= 0.6 is 0 Å². The van der Waals surface area contributed by atoms with E-state index in [0.29, 0.717) is 17.0 Å². The third-order valence-electron chi connectivity index (χ3n) is 6.05. The molecule has 0 aliphatic carbocycles. The molecule has 1 saturated heterocycles. The molecule has 3 heterocycles. The third kappa shape index (κ3) is 4.68. The molecule has 5 rings (SSSR count). The maximum atomic E-state index is 13.6. The van der Waals surface area contributed by atoms with Crippen LogP contribution in [0.15, 0.2) is 47.4 Å². The van der Waals surface area contributed by atoms with Crippen molar-refractivity contribution in [2.24, 2.45) is 0 Å². The average Bonchev–Trinajstić information content (AvgIpc) is 3.25. The van der Waals surface area contributed by atoms with E-state index < -0.39 is 28.7 Å². The number of carbonyl (C=O) groups excluding carboxylic acids is 1. The Balaban J connectivity index is 1.49. The number of carbonyl (C=O) groups is 1. The standard InChI is InChI=1S/C23H22F3N5O3S/c24-23(25,26)14-30-9-4-10-31(12-11-30)35(33,34)19-8-3-7-18-21(19)15(22(32)29-18)13-20-27-16-5-1-2-6-17(16)28-20/h1-3,5-8,13H,4,9-12,14H2,(H,27,28)(H,29,32)/b15-13-. The van der Waals surface area contributed by atoms with Gasteiger partial charge in [0, 0.05) is 25.2 Å². The molecule has 0 unspecified atom stereocenters. The second kappa shape index (κ2) is 8.77. The van der Waals surface area contributed by atoms with E-state index in [0.717, 1.165) is 5.52 Å². The van der Waals surface area contributed by atoms with Crippen molar-refractivity contribution < 1.29 is 26.4 Å². The molecule has 0 saturated carbocycles. The van der Waals surface area contributed by atoms with E-state index in [1.54, 1.807) is 6.07 Å². The summed E-state index contributed by atoms with van der Waals surface area (Å²) in [4.78, 5) is 21.5. The van der Waals surface area contributed by atoms with Gasteiger partial charge in [-0.25, -0.2) is 13.4 Å². The van der Waals surface area contributed by atoms with Crippen LogP contribution < -0.4 is 5.32 Å². The number of fused-ring (bicyclic) bond motifs is 2. The molecule has 2 aliphatic heterocycles. The van der Waals surface area contributed by atoms with Crippen molar-refractivity contribution >= 4 is 44.3 Å². The van der Waals surface area contributed by atoms with Crippen molar-refractivity contribution in [1.29, 1.82) is 0 Å². The van der Waals surface area contributed by atoms with Crippen LogP contribution in [0.3, 0.4) is 0 Å². The van der Waals surface area contributed by atoms with Gasteiger partial charge in [0.05, 0.1) is 33.7 Å². The first-order chi connectivity index (χ1) is 16.6. The molecule has 0 spiro atoms. The van der Waals surface area contributed by atoms with Crippen LogP contribution in [0, 0.1) is 0 Å². The first-order valence-electron chi connectivity index (χ1n) is 11.0. The van der Waals surface area contributed by atoms with Gasteiger partial charge in [-0.15, -0.1) is 0 Å². The lowest BCUT2D eigenvalue weighted by Crippen LogP contribution is -2.38. The number of sulfonamides is 1. The van der Waals surface area contributed by atoms with Gasteiger partial charge < -0.3 is 10.3 Å². The Labute approximate surface area is 199 Å².